The summed E-state index contributed by atoms with van der Waals surface area (Å²) in [5.41, 5.74) is 6.27. The monoisotopic (exact) mass is 300 g/mol. The fourth-order valence-electron chi connectivity index (χ4n) is 3.40. The Kier molecular flexibility index (Phi) is 3.58. The summed E-state index contributed by atoms with van der Waals surface area (Å²) in [6.45, 7) is 0. The third-order valence-corrected chi connectivity index (χ3v) is 4.64. The number of nitrogens with zero attached hydrogens (tertiary/aromatic N) is 2. The molecule has 0 spiro atoms. The average molecular weight is 300 g/mol. The van der Waals surface area contributed by atoms with Crippen LogP contribution in [0.3, 0.4) is 0 Å². The van der Waals surface area contributed by atoms with E-state index in [9.17, 15) is 0 Å². The van der Waals surface area contributed by atoms with Gasteiger partial charge in [0.1, 0.15) is 0 Å². The molecule has 1 unspecified atom stereocenters. The predicted octanol–water partition coefficient (Wildman–Crippen LogP) is 5.02. The van der Waals surface area contributed by atoms with Crippen LogP contribution in [-0.4, -0.2) is 10.3 Å². The van der Waals surface area contributed by atoms with Gasteiger partial charge in [-0.25, -0.2) is 0 Å². The Labute approximate surface area is 137 Å². The molecule has 0 saturated carbocycles. The van der Waals surface area contributed by atoms with E-state index >= 15 is 0 Å². The van der Waals surface area contributed by atoms with Gasteiger partial charge in [-0.3, -0.25) is 4.99 Å². The zero-order valence-corrected chi connectivity index (χ0v) is 13.3. The van der Waals surface area contributed by atoms with Crippen LogP contribution in [0.2, 0.25) is 0 Å². The standard InChI is InChI=1S/C21H20N2/c1-23-20(17-10-6-3-7-11-17)14-15-21(23)19-13-12-18(22-19)16-8-4-2-5-9-16/h2-11,14-15,18H,12-13H2,1H3. The number of aromatic nitrogens is 1. The molecule has 2 aromatic carbocycles. The molecule has 3 aromatic rings. The van der Waals surface area contributed by atoms with E-state index in [1.165, 1.54) is 28.2 Å². The van der Waals surface area contributed by atoms with E-state index in [0.29, 0.717) is 6.04 Å². The molecule has 1 atom stereocenters. The van der Waals surface area contributed by atoms with E-state index < -0.39 is 0 Å². The Morgan fingerprint density at radius 1 is 0.826 bits per heavy atom. The second kappa shape index (κ2) is 5.88. The lowest BCUT2D eigenvalue weighted by Gasteiger charge is -2.08. The molecule has 1 aromatic heterocycles. The summed E-state index contributed by atoms with van der Waals surface area (Å²) >= 11 is 0. The Bertz CT molecular complexity index is 829. The van der Waals surface area contributed by atoms with E-state index in [1.54, 1.807) is 0 Å². The van der Waals surface area contributed by atoms with Crippen molar-refractivity contribution in [2.45, 2.75) is 18.9 Å². The lowest BCUT2D eigenvalue weighted by Crippen LogP contribution is -2.05. The topological polar surface area (TPSA) is 17.3 Å². The van der Waals surface area contributed by atoms with Crippen LogP contribution < -0.4 is 0 Å². The number of hydrogen-bond acceptors (Lipinski definition) is 1. The van der Waals surface area contributed by atoms with Crippen molar-refractivity contribution in [2.75, 3.05) is 0 Å². The van der Waals surface area contributed by atoms with Gasteiger partial charge in [0.2, 0.25) is 0 Å². The van der Waals surface area contributed by atoms with Crippen molar-refractivity contribution < 1.29 is 0 Å². The Morgan fingerprint density at radius 3 is 2.22 bits per heavy atom. The van der Waals surface area contributed by atoms with Gasteiger partial charge >= 0.3 is 0 Å². The largest absolute Gasteiger partial charge is 0.343 e. The molecule has 0 saturated heterocycles. The van der Waals surface area contributed by atoms with Gasteiger partial charge in [0.05, 0.1) is 17.4 Å². The van der Waals surface area contributed by atoms with Gasteiger partial charge in [-0.05, 0) is 36.1 Å². The van der Waals surface area contributed by atoms with Crippen LogP contribution in [0.5, 0.6) is 0 Å². The lowest BCUT2D eigenvalue weighted by molar-refractivity contribution is 0.723. The highest BCUT2D eigenvalue weighted by Crippen LogP contribution is 2.32. The van der Waals surface area contributed by atoms with E-state index in [2.05, 4.69) is 84.4 Å². The van der Waals surface area contributed by atoms with Crippen LogP contribution >= 0.6 is 0 Å². The summed E-state index contributed by atoms with van der Waals surface area (Å²) in [6, 6.07) is 25.8. The molecule has 1 aliphatic rings. The molecule has 0 fully saturated rings. The fourth-order valence-corrected chi connectivity index (χ4v) is 3.40. The molecule has 0 radical (unpaired) electrons. The minimum atomic E-state index is 0.307. The van der Waals surface area contributed by atoms with Crippen molar-refractivity contribution in [3.63, 3.8) is 0 Å². The van der Waals surface area contributed by atoms with E-state index in [4.69, 9.17) is 4.99 Å². The number of rotatable bonds is 3. The number of hydrogen-bond donors (Lipinski definition) is 0. The third kappa shape index (κ3) is 2.61. The second-order valence-corrected chi connectivity index (χ2v) is 6.07. The molecule has 2 heterocycles. The van der Waals surface area contributed by atoms with Gasteiger partial charge in [-0.2, -0.15) is 0 Å². The van der Waals surface area contributed by atoms with Gasteiger partial charge in [-0.1, -0.05) is 60.7 Å². The Morgan fingerprint density at radius 2 is 1.48 bits per heavy atom. The molecule has 1 aliphatic heterocycles. The first-order valence-electron chi connectivity index (χ1n) is 8.16. The van der Waals surface area contributed by atoms with Crippen LogP contribution in [0, 0.1) is 0 Å². The zero-order valence-electron chi connectivity index (χ0n) is 13.3. The average Bonchev–Trinajstić information content (AvgIpc) is 3.23. The van der Waals surface area contributed by atoms with E-state index in [0.717, 1.165) is 12.8 Å². The molecule has 23 heavy (non-hydrogen) atoms. The summed E-state index contributed by atoms with van der Waals surface area (Å²) in [5, 5.41) is 0. The highest BCUT2D eigenvalue weighted by molar-refractivity contribution is 6.01. The van der Waals surface area contributed by atoms with E-state index in [1.807, 2.05) is 0 Å². The van der Waals surface area contributed by atoms with Crippen molar-refractivity contribution in [2.24, 2.45) is 12.0 Å². The summed E-state index contributed by atoms with van der Waals surface area (Å²) in [6.07, 6.45) is 2.15. The normalized spacial score (nSPS) is 17.3. The molecule has 114 valence electrons. The zero-order chi connectivity index (χ0) is 15.6. The summed E-state index contributed by atoms with van der Waals surface area (Å²) < 4.78 is 2.27. The maximum Gasteiger partial charge on any atom is 0.0756 e. The second-order valence-electron chi connectivity index (χ2n) is 6.07. The minimum absolute atomic E-state index is 0.307. The first kappa shape index (κ1) is 14.0. The molecular formula is C21H20N2. The number of benzene rings is 2. The molecule has 0 N–H and O–H groups in total. The third-order valence-electron chi connectivity index (χ3n) is 4.64. The molecular weight excluding hydrogens is 280 g/mol. The van der Waals surface area contributed by atoms with Crippen LogP contribution in [0.25, 0.3) is 11.3 Å². The highest BCUT2D eigenvalue weighted by atomic mass is 15.0. The van der Waals surface area contributed by atoms with Crippen molar-refractivity contribution in [1.29, 1.82) is 0 Å². The van der Waals surface area contributed by atoms with Crippen LogP contribution in [0.15, 0.2) is 77.8 Å². The first-order chi connectivity index (χ1) is 11.3. The quantitative estimate of drug-likeness (QED) is 0.646. The lowest BCUT2D eigenvalue weighted by atomic mass is 10.0. The van der Waals surface area contributed by atoms with Gasteiger partial charge in [0.25, 0.3) is 0 Å². The van der Waals surface area contributed by atoms with Crippen LogP contribution in [0.1, 0.15) is 30.1 Å². The van der Waals surface area contributed by atoms with Gasteiger partial charge in [0, 0.05) is 12.7 Å². The van der Waals surface area contributed by atoms with Crippen molar-refractivity contribution in [3.8, 4) is 11.3 Å². The predicted molar refractivity (Wildman–Crippen MR) is 95.8 cm³/mol. The van der Waals surface area contributed by atoms with Crippen molar-refractivity contribution >= 4 is 5.71 Å². The molecule has 0 aliphatic carbocycles. The fraction of sp³-hybridized carbons (Fsp3) is 0.190. The van der Waals surface area contributed by atoms with Gasteiger partial charge in [-0.15, -0.1) is 0 Å². The van der Waals surface area contributed by atoms with Crippen LogP contribution in [0.4, 0.5) is 0 Å². The minimum Gasteiger partial charge on any atom is -0.343 e. The maximum atomic E-state index is 4.99. The highest BCUT2D eigenvalue weighted by Gasteiger charge is 2.22. The molecule has 0 amide bonds. The summed E-state index contributed by atoms with van der Waals surface area (Å²) in [5.74, 6) is 0. The molecule has 2 nitrogen and oxygen atoms in total. The molecule has 0 bridgehead atoms. The van der Waals surface area contributed by atoms with E-state index in [-0.39, 0.29) is 0 Å². The van der Waals surface area contributed by atoms with Crippen LogP contribution in [-0.2, 0) is 7.05 Å². The summed E-state index contributed by atoms with van der Waals surface area (Å²) in [7, 11) is 2.13. The Balaban J connectivity index is 1.66. The van der Waals surface area contributed by atoms with Gasteiger partial charge in [0.15, 0.2) is 0 Å². The molecule has 2 heteroatoms. The smallest absolute Gasteiger partial charge is 0.0756 e. The van der Waals surface area contributed by atoms with Crippen molar-refractivity contribution in [1.82, 2.24) is 4.57 Å². The first-order valence-corrected chi connectivity index (χ1v) is 8.16. The molecule has 4 rings (SSSR count). The van der Waals surface area contributed by atoms with Crippen molar-refractivity contribution in [3.05, 3.63) is 84.1 Å². The van der Waals surface area contributed by atoms with Gasteiger partial charge < -0.3 is 4.57 Å². The maximum absolute atomic E-state index is 4.99. The Hall–Kier alpha value is -2.61. The number of aliphatic imine (C=N–C) groups is 1. The summed E-state index contributed by atoms with van der Waals surface area (Å²) in [4.78, 5) is 4.99. The SMILES string of the molecule is Cn1c(C2=NC(c3ccccc3)CC2)ccc1-c1ccccc1.